The molecular formula is C32H30F3N. The molecule has 4 heteroatoms. The van der Waals surface area contributed by atoms with E-state index < -0.39 is 17.2 Å². The maximum atomic E-state index is 15.2. The summed E-state index contributed by atoms with van der Waals surface area (Å²) in [6, 6.07) is 22.2. The Bertz CT molecular complexity index is 1360. The lowest BCUT2D eigenvalue weighted by Crippen LogP contribution is -1.99. The normalized spacial score (nSPS) is 11.1. The van der Waals surface area contributed by atoms with Gasteiger partial charge >= 0.3 is 0 Å². The molecule has 184 valence electrons. The number of nitrogens with zero attached hydrogens (tertiary/aromatic N) is 1. The second kappa shape index (κ2) is 11.9. The summed E-state index contributed by atoms with van der Waals surface area (Å²) in [7, 11) is 0. The van der Waals surface area contributed by atoms with E-state index in [1.807, 2.05) is 24.3 Å². The minimum Gasteiger partial charge on any atom is -0.206 e. The molecule has 0 aliphatic heterocycles. The molecule has 4 rings (SSSR count). The number of benzene rings is 4. The molecule has 36 heavy (non-hydrogen) atoms. The molecule has 0 spiro atoms. The number of hydrogen-bond donors (Lipinski definition) is 0. The van der Waals surface area contributed by atoms with Gasteiger partial charge in [-0.25, -0.2) is 13.2 Å². The van der Waals surface area contributed by atoms with Crippen LogP contribution in [-0.4, -0.2) is 0 Å². The van der Waals surface area contributed by atoms with Crippen LogP contribution in [0.2, 0.25) is 0 Å². The summed E-state index contributed by atoms with van der Waals surface area (Å²) in [5.41, 5.74) is 4.15. The molecule has 1 nitrogen and oxygen atoms in total. The van der Waals surface area contributed by atoms with Crippen molar-refractivity contribution in [3.05, 3.63) is 118 Å². The molecular weight excluding hydrogens is 455 g/mol. The second-order valence-corrected chi connectivity index (χ2v) is 9.41. The van der Waals surface area contributed by atoms with Crippen LogP contribution in [0.15, 0.2) is 66.7 Å². The molecule has 0 amide bonds. The summed E-state index contributed by atoms with van der Waals surface area (Å²) in [5.74, 6) is -2.07. The highest BCUT2D eigenvalue weighted by Crippen LogP contribution is 2.25. The molecule has 0 aromatic heterocycles. The molecule has 0 N–H and O–H groups in total. The monoisotopic (exact) mass is 485 g/mol. The fraction of sp³-hybridized carbons (Fsp3) is 0.281. The SMILES string of the molecule is CCCCCc1ccc(CCc2ccc3c(F)c(CCc4cc(F)c(C#N)c(F)c4)ccc3c2)cc1. The van der Waals surface area contributed by atoms with Gasteiger partial charge in [0.05, 0.1) is 0 Å². The van der Waals surface area contributed by atoms with E-state index in [0.717, 1.165) is 42.3 Å². The van der Waals surface area contributed by atoms with Crippen molar-refractivity contribution in [3.8, 4) is 6.07 Å². The molecule has 0 aliphatic carbocycles. The number of rotatable bonds is 10. The molecule has 0 saturated carbocycles. The van der Waals surface area contributed by atoms with Gasteiger partial charge in [-0.15, -0.1) is 0 Å². The van der Waals surface area contributed by atoms with Crippen LogP contribution in [-0.2, 0) is 32.1 Å². The Morgan fingerprint density at radius 3 is 1.92 bits per heavy atom. The van der Waals surface area contributed by atoms with Gasteiger partial charge < -0.3 is 0 Å². The quantitative estimate of drug-likeness (QED) is 0.207. The average molecular weight is 486 g/mol. The average Bonchev–Trinajstić information content (AvgIpc) is 2.88. The van der Waals surface area contributed by atoms with Crippen molar-refractivity contribution in [3.63, 3.8) is 0 Å². The van der Waals surface area contributed by atoms with Crippen LogP contribution in [0.4, 0.5) is 13.2 Å². The number of unbranched alkanes of at least 4 members (excludes halogenated alkanes) is 2. The Balaban J connectivity index is 1.40. The number of halogens is 3. The van der Waals surface area contributed by atoms with Crippen LogP contribution in [0.1, 0.15) is 59.6 Å². The summed E-state index contributed by atoms with van der Waals surface area (Å²) in [4.78, 5) is 0. The Morgan fingerprint density at radius 1 is 0.639 bits per heavy atom. The first-order chi connectivity index (χ1) is 17.5. The second-order valence-electron chi connectivity index (χ2n) is 9.41. The Labute approximate surface area is 211 Å². The van der Waals surface area contributed by atoms with Crippen LogP contribution in [0, 0.1) is 28.8 Å². The number of aryl methyl sites for hydroxylation is 5. The smallest absolute Gasteiger partial charge is 0.144 e. The van der Waals surface area contributed by atoms with E-state index in [1.165, 1.54) is 36.5 Å². The first-order valence-electron chi connectivity index (χ1n) is 12.6. The number of nitriles is 1. The van der Waals surface area contributed by atoms with Crippen LogP contribution in [0.5, 0.6) is 0 Å². The molecule has 0 fully saturated rings. The molecule has 4 aromatic carbocycles. The summed E-state index contributed by atoms with van der Waals surface area (Å²) in [6.07, 6.45) is 7.26. The van der Waals surface area contributed by atoms with Gasteiger partial charge in [0.2, 0.25) is 0 Å². The largest absolute Gasteiger partial charge is 0.206 e. The van der Waals surface area contributed by atoms with Crippen LogP contribution < -0.4 is 0 Å². The molecule has 0 radical (unpaired) electrons. The standard InChI is InChI=1S/C32H30F3N/c1-2-3-4-5-22-6-8-23(9-7-22)10-11-24-13-17-28-27(18-24)16-15-26(32(28)35)14-12-25-19-30(33)29(21-36)31(34)20-25/h6-9,13,15-20H,2-5,10-12,14H2,1H3. The van der Waals surface area contributed by atoms with E-state index in [4.69, 9.17) is 5.26 Å². The van der Waals surface area contributed by atoms with E-state index >= 15 is 4.39 Å². The predicted octanol–water partition coefficient (Wildman–Crippen LogP) is 8.43. The predicted molar refractivity (Wildman–Crippen MR) is 139 cm³/mol. The van der Waals surface area contributed by atoms with Crippen LogP contribution in [0.25, 0.3) is 10.8 Å². The summed E-state index contributed by atoms with van der Waals surface area (Å²) in [6.45, 7) is 2.22. The Kier molecular flexibility index (Phi) is 8.44. The Hall–Kier alpha value is -3.58. The Morgan fingerprint density at radius 2 is 1.25 bits per heavy atom. The minimum absolute atomic E-state index is 0.275. The zero-order valence-corrected chi connectivity index (χ0v) is 20.6. The van der Waals surface area contributed by atoms with Crippen molar-refractivity contribution >= 4 is 10.8 Å². The van der Waals surface area contributed by atoms with Crippen LogP contribution >= 0.6 is 0 Å². The first-order valence-corrected chi connectivity index (χ1v) is 12.6. The van der Waals surface area contributed by atoms with Crippen molar-refractivity contribution < 1.29 is 13.2 Å². The van der Waals surface area contributed by atoms with Gasteiger partial charge in [0.1, 0.15) is 29.1 Å². The molecule has 4 aromatic rings. The first kappa shape index (κ1) is 25.5. The minimum atomic E-state index is -0.887. The fourth-order valence-electron chi connectivity index (χ4n) is 4.63. The molecule has 0 unspecified atom stereocenters. The molecule has 0 aliphatic rings. The lowest BCUT2D eigenvalue weighted by atomic mass is 9.96. The van der Waals surface area contributed by atoms with Crippen molar-refractivity contribution in [2.24, 2.45) is 0 Å². The van der Waals surface area contributed by atoms with Crippen LogP contribution in [0.3, 0.4) is 0 Å². The van der Waals surface area contributed by atoms with Gasteiger partial charge in [-0.3, -0.25) is 0 Å². The van der Waals surface area contributed by atoms with Gasteiger partial charge in [-0.2, -0.15) is 5.26 Å². The summed E-state index contributed by atoms with van der Waals surface area (Å²) < 4.78 is 42.9. The van der Waals surface area contributed by atoms with Gasteiger partial charge in [0.15, 0.2) is 0 Å². The van der Waals surface area contributed by atoms with Gasteiger partial charge in [-0.05, 0) is 83.9 Å². The van der Waals surface area contributed by atoms with Crippen molar-refractivity contribution in [2.75, 3.05) is 0 Å². The van der Waals surface area contributed by atoms with E-state index in [9.17, 15) is 8.78 Å². The maximum Gasteiger partial charge on any atom is 0.144 e. The molecule has 0 saturated heterocycles. The number of hydrogen-bond acceptors (Lipinski definition) is 1. The lowest BCUT2D eigenvalue weighted by Gasteiger charge is -2.10. The molecule has 0 atom stereocenters. The highest BCUT2D eigenvalue weighted by Gasteiger charge is 2.13. The van der Waals surface area contributed by atoms with E-state index in [-0.39, 0.29) is 12.2 Å². The third kappa shape index (κ3) is 6.15. The molecule has 0 bridgehead atoms. The third-order valence-electron chi connectivity index (χ3n) is 6.79. The fourth-order valence-corrected chi connectivity index (χ4v) is 4.63. The van der Waals surface area contributed by atoms with Crippen molar-refractivity contribution in [2.45, 2.75) is 58.3 Å². The van der Waals surface area contributed by atoms with E-state index in [2.05, 4.69) is 31.2 Å². The van der Waals surface area contributed by atoms with Crippen molar-refractivity contribution in [1.82, 2.24) is 0 Å². The van der Waals surface area contributed by atoms with Crippen molar-refractivity contribution in [1.29, 1.82) is 5.26 Å². The van der Waals surface area contributed by atoms with Gasteiger partial charge in [-0.1, -0.05) is 74.4 Å². The van der Waals surface area contributed by atoms with Gasteiger partial charge in [0, 0.05) is 5.39 Å². The third-order valence-corrected chi connectivity index (χ3v) is 6.79. The summed E-state index contributed by atoms with van der Waals surface area (Å²) >= 11 is 0. The zero-order chi connectivity index (χ0) is 25.5. The van der Waals surface area contributed by atoms with E-state index in [1.54, 1.807) is 6.07 Å². The highest BCUT2D eigenvalue weighted by molar-refractivity contribution is 5.84. The zero-order valence-electron chi connectivity index (χ0n) is 20.6. The highest BCUT2D eigenvalue weighted by atomic mass is 19.1. The number of fused-ring (bicyclic) bond motifs is 1. The maximum absolute atomic E-state index is 15.2. The summed E-state index contributed by atoms with van der Waals surface area (Å²) in [5, 5.41) is 10.2. The topological polar surface area (TPSA) is 23.8 Å². The molecule has 0 heterocycles. The lowest BCUT2D eigenvalue weighted by molar-refractivity contribution is 0.572. The van der Waals surface area contributed by atoms with E-state index in [0.29, 0.717) is 22.9 Å². The van der Waals surface area contributed by atoms with Gasteiger partial charge in [0.25, 0.3) is 0 Å².